The van der Waals surface area contributed by atoms with Crippen LogP contribution in [0.3, 0.4) is 0 Å². The zero-order chi connectivity index (χ0) is 13.7. The van der Waals surface area contributed by atoms with Crippen molar-refractivity contribution in [1.29, 1.82) is 0 Å². The van der Waals surface area contributed by atoms with E-state index in [1.54, 1.807) is 7.05 Å². The summed E-state index contributed by atoms with van der Waals surface area (Å²) >= 11 is 3.45. The average Bonchev–Trinajstić information content (AvgIpc) is 2.78. The lowest BCUT2D eigenvalue weighted by Crippen LogP contribution is -2.33. The number of tetrazole rings is 1. The van der Waals surface area contributed by atoms with E-state index >= 15 is 0 Å². The molecule has 1 atom stereocenters. The van der Waals surface area contributed by atoms with Crippen LogP contribution in [0.1, 0.15) is 18.3 Å². The van der Waals surface area contributed by atoms with Gasteiger partial charge in [0.2, 0.25) is 0 Å². The largest absolute Gasteiger partial charge is 0.313 e. The molecular weight excluding hydrogens is 306 g/mol. The van der Waals surface area contributed by atoms with Gasteiger partial charge in [-0.05, 0) is 35.9 Å². The van der Waals surface area contributed by atoms with Crippen molar-refractivity contribution in [3.8, 4) is 0 Å². The van der Waals surface area contributed by atoms with E-state index in [4.69, 9.17) is 0 Å². The molecule has 0 aliphatic heterocycles. The number of nitrogens with zero attached hydrogens (tertiary/aromatic N) is 4. The molecule has 0 aliphatic carbocycles. The Balaban J connectivity index is 2.01. The van der Waals surface area contributed by atoms with Crippen molar-refractivity contribution in [2.45, 2.75) is 25.8 Å². The summed E-state index contributed by atoms with van der Waals surface area (Å²) in [4.78, 5) is 1.50. The van der Waals surface area contributed by atoms with Gasteiger partial charge in [-0.3, -0.25) is 0 Å². The second-order valence-electron chi connectivity index (χ2n) is 4.48. The van der Waals surface area contributed by atoms with Gasteiger partial charge >= 0.3 is 0 Å². The molecule has 2 aromatic rings. The van der Waals surface area contributed by atoms with Gasteiger partial charge in [0, 0.05) is 16.9 Å². The van der Waals surface area contributed by atoms with Gasteiger partial charge < -0.3 is 5.32 Å². The van der Waals surface area contributed by atoms with Crippen molar-refractivity contribution < 1.29 is 0 Å². The second kappa shape index (κ2) is 6.77. The molecule has 0 saturated carbocycles. The Labute approximate surface area is 121 Å². The number of likely N-dealkylation sites (N-methyl/N-ethyl adjacent to an activating group) is 1. The zero-order valence-corrected chi connectivity index (χ0v) is 12.8. The highest BCUT2D eigenvalue weighted by atomic mass is 79.9. The summed E-state index contributed by atoms with van der Waals surface area (Å²) in [6.45, 7) is 3.04. The van der Waals surface area contributed by atoms with E-state index in [9.17, 15) is 0 Å². The fourth-order valence-electron chi connectivity index (χ4n) is 2.04. The monoisotopic (exact) mass is 323 g/mol. The number of aromatic nitrogens is 4. The quantitative estimate of drug-likeness (QED) is 0.879. The maximum atomic E-state index is 4.24. The minimum absolute atomic E-state index is 0.329. The Morgan fingerprint density at radius 2 is 2.00 bits per heavy atom. The van der Waals surface area contributed by atoms with Crippen LogP contribution in [-0.4, -0.2) is 32.8 Å². The van der Waals surface area contributed by atoms with Gasteiger partial charge in [-0.2, -0.15) is 4.80 Å². The van der Waals surface area contributed by atoms with Crippen LogP contribution >= 0.6 is 15.9 Å². The maximum absolute atomic E-state index is 4.24. The highest BCUT2D eigenvalue weighted by Gasteiger charge is 2.12. The molecule has 0 bridgehead atoms. The van der Waals surface area contributed by atoms with Crippen LogP contribution in [0.15, 0.2) is 28.7 Å². The van der Waals surface area contributed by atoms with E-state index in [1.807, 2.05) is 0 Å². The summed E-state index contributed by atoms with van der Waals surface area (Å²) in [7, 11) is 1.79. The van der Waals surface area contributed by atoms with E-state index in [-0.39, 0.29) is 0 Å². The van der Waals surface area contributed by atoms with E-state index in [0.717, 1.165) is 29.7 Å². The van der Waals surface area contributed by atoms with E-state index in [1.165, 1.54) is 10.4 Å². The van der Waals surface area contributed by atoms with Crippen LogP contribution < -0.4 is 5.32 Å². The van der Waals surface area contributed by atoms with Gasteiger partial charge in [0.1, 0.15) is 0 Å². The normalized spacial score (nSPS) is 12.6. The van der Waals surface area contributed by atoms with Gasteiger partial charge in [0.05, 0.1) is 7.05 Å². The number of halogens is 1. The van der Waals surface area contributed by atoms with Crippen LogP contribution in [0, 0.1) is 0 Å². The Bertz CT molecular complexity index is 508. The predicted octanol–water partition coefficient (Wildman–Crippen LogP) is 1.74. The first kappa shape index (κ1) is 14.1. The van der Waals surface area contributed by atoms with Gasteiger partial charge in [0.25, 0.3) is 0 Å². The van der Waals surface area contributed by atoms with E-state index < -0.39 is 0 Å². The van der Waals surface area contributed by atoms with E-state index in [2.05, 4.69) is 67.8 Å². The highest BCUT2D eigenvalue weighted by Crippen LogP contribution is 2.12. The Kier molecular flexibility index (Phi) is 5.04. The lowest BCUT2D eigenvalue weighted by molar-refractivity contribution is 0.509. The maximum Gasteiger partial charge on any atom is 0.176 e. The molecule has 0 aliphatic rings. The summed E-state index contributed by atoms with van der Waals surface area (Å²) in [5.74, 6) is 0.783. The molecule has 2 rings (SSSR count). The third kappa shape index (κ3) is 4.40. The number of rotatable bonds is 6. The standard InChI is InChI=1S/C13H18BrN5/c1-3-15-12(9-13-16-18-19(2)17-13)8-10-4-6-11(14)7-5-10/h4-7,12,15H,3,8-9H2,1-2H3. The molecule has 5 nitrogen and oxygen atoms in total. The van der Waals surface area contributed by atoms with Crippen LogP contribution in [0.2, 0.25) is 0 Å². The summed E-state index contributed by atoms with van der Waals surface area (Å²) < 4.78 is 1.10. The van der Waals surface area contributed by atoms with Crippen molar-refractivity contribution in [1.82, 2.24) is 25.5 Å². The average molecular weight is 324 g/mol. The lowest BCUT2D eigenvalue weighted by atomic mass is 10.0. The fourth-order valence-corrected chi connectivity index (χ4v) is 2.30. The van der Waals surface area contributed by atoms with Gasteiger partial charge in [-0.1, -0.05) is 35.0 Å². The molecule has 1 heterocycles. The first-order valence-corrected chi connectivity index (χ1v) is 7.17. The topological polar surface area (TPSA) is 55.6 Å². The van der Waals surface area contributed by atoms with Gasteiger partial charge in [-0.25, -0.2) is 0 Å². The number of hydrogen-bond donors (Lipinski definition) is 1. The van der Waals surface area contributed by atoms with Crippen LogP contribution in [0.5, 0.6) is 0 Å². The van der Waals surface area contributed by atoms with Crippen LogP contribution in [0.4, 0.5) is 0 Å². The molecule has 102 valence electrons. The smallest absolute Gasteiger partial charge is 0.176 e. The van der Waals surface area contributed by atoms with Gasteiger partial charge in [0.15, 0.2) is 5.82 Å². The molecule has 0 fully saturated rings. The Hall–Kier alpha value is -1.27. The minimum atomic E-state index is 0.329. The van der Waals surface area contributed by atoms with Crippen LogP contribution in [0.25, 0.3) is 0 Å². The molecule has 1 N–H and O–H groups in total. The molecule has 1 aromatic carbocycles. The molecule has 1 aromatic heterocycles. The predicted molar refractivity (Wildman–Crippen MR) is 77.8 cm³/mol. The Morgan fingerprint density at radius 1 is 1.26 bits per heavy atom. The molecular formula is C13H18BrN5. The second-order valence-corrected chi connectivity index (χ2v) is 5.40. The van der Waals surface area contributed by atoms with Crippen molar-refractivity contribution in [3.63, 3.8) is 0 Å². The zero-order valence-electron chi connectivity index (χ0n) is 11.2. The number of benzene rings is 1. The van der Waals surface area contributed by atoms with E-state index in [0.29, 0.717) is 6.04 Å². The number of aryl methyl sites for hydroxylation is 1. The molecule has 6 heteroatoms. The highest BCUT2D eigenvalue weighted by molar-refractivity contribution is 9.10. The molecule has 0 saturated heterocycles. The first-order valence-electron chi connectivity index (χ1n) is 6.38. The molecule has 1 unspecified atom stereocenters. The molecule has 19 heavy (non-hydrogen) atoms. The summed E-state index contributed by atoms with van der Waals surface area (Å²) in [5.41, 5.74) is 1.30. The Morgan fingerprint density at radius 3 is 2.58 bits per heavy atom. The molecule has 0 radical (unpaired) electrons. The molecule has 0 amide bonds. The SMILES string of the molecule is CCNC(Cc1ccc(Br)cc1)Cc1nnn(C)n1. The minimum Gasteiger partial charge on any atom is -0.313 e. The lowest BCUT2D eigenvalue weighted by Gasteiger charge is -2.16. The summed E-state index contributed by atoms with van der Waals surface area (Å²) in [6, 6.07) is 8.74. The number of nitrogens with one attached hydrogen (secondary N) is 1. The third-order valence-corrected chi connectivity index (χ3v) is 3.40. The summed E-state index contributed by atoms with van der Waals surface area (Å²) in [5, 5.41) is 15.6. The van der Waals surface area contributed by atoms with Crippen molar-refractivity contribution in [3.05, 3.63) is 40.1 Å². The third-order valence-electron chi connectivity index (χ3n) is 2.87. The first-order chi connectivity index (χ1) is 9.17. The van der Waals surface area contributed by atoms with Crippen molar-refractivity contribution >= 4 is 15.9 Å². The van der Waals surface area contributed by atoms with Crippen LogP contribution in [-0.2, 0) is 19.9 Å². The fraction of sp³-hybridized carbons (Fsp3) is 0.462. The molecule has 0 spiro atoms. The van der Waals surface area contributed by atoms with Crippen molar-refractivity contribution in [2.24, 2.45) is 7.05 Å². The number of hydrogen-bond acceptors (Lipinski definition) is 4. The summed E-state index contributed by atoms with van der Waals surface area (Å²) in [6.07, 6.45) is 1.75. The van der Waals surface area contributed by atoms with Gasteiger partial charge in [-0.15, -0.1) is 10.2 Å². The van der Waals surface area contributed by atoms with Crippen molar-refractivity contribution in [2.75, 3.05) is 6.54 Å².